The minimum Gasteiger partial charge on any atom is -0.508 e. The molecule has 1 heterocycles. The Morgan fingerprint density at radius 1 is 1.03 bits per heavy atom. The third-order valence-corrected chi connectivity index (χ3v) is 5.49. The number of aromatic hydroxyl groups is 1. The third kappa shape index (κ3) is 5.32. The molecule has 0 radical (unpaired) electrons. The second kappa shape index (κ2) is 9.65. The molecule has 6 heteroatoms. The van der Waals surface area contributed by atoms with E-state index in [-0.39, 0.29) is 23.5 Å². The largest absolute Gasteiger partial charge is 0.508 e. The van der Waals surface area contributed by atoms with Gasteiger partial charge in [-0.15, -0.1) is 0 Å². The molecular formula is C24H31N3O3. The molecule has 2 N–H and O–H groups in total. The molecule has 1 saturated heterocycles. The lowest BCUT2D eigenvalue weighted by molar-refractivity contribution is -0.134. The number of piperazine rings is 1. The van der Waals surface area contributed by atoms with E-state index in [1.165, 1.54) is 0 Å². The summed E-state index contributed by atoms with van der Waals surface area (Å²) in [4.78, 5) is 30.0. The number of anilines is 1. The van der Waals surface area contributed by atoms with Crippen molar-refractivity contribution in [1.82, 2.24) is 10.2 Å². The number of rotatable bonds is 6. The maximum atomic E-state index is 13.2. The van der Waals surface area contributed by atoms with Gasteiger partial charge in [0.1, 0.15) is 11.8 Å². The van der Waals surface area contributed by atoms with Crippen LogP contribution in [0.25, 0.3) is 0 Å². The van der Waals surface area contributed by atoms with Crippen LogP contribution in [-0.2, 0) is 4.79 Å². The van der Waals surface area contributed by atoms with Crippen LogP contribution in [0.15, 0.2) is 48.5 Å². The van der Waals surface area contributed by atoms with Crippen LogP contribution in [-0.4, -0.2) is 54.0 Å². The fraction of sp³-hybridized carbons (Fsp3) is 0.417. The van der Waals surface area contributed by atoms with Crippen LogP contribution < -0.4 is 10.2 Å². The molecule has 1 fully saturated rings. The lowest BCUT2D eigenvalue weighted by atomic mass is 10.0. The molecule has 1 atom stereocenters. The molecule has 3 rings (SSSR count). The predicted molar refractivity (Wildman–Crippen MR) is 119 cm³/mol. The minimum absolute atomic E-state index is 0.0267. The Hall–Kier alpha value is -3.02. The van der Waals surface area contributed by atoms with Gasteiger partial charge in [-0.25, -0.2) is 0 Å². The van der Waals surface area contributed by atoms with E-state index >= 15 is 0 Å². The van der Waals surface area contributed by atoms with Gasteiger partial charge in [-0.2, -0.15) is 0 Å². The number of hydrogen-bond acceptors (Lipinski definition) is 4. The number of phenolic OH excluding ortho intramolecular Hbond substituents is 1. The zero-order chi connectivity index (χ0) is 21.7. The van der Waals surface area contributed by atoms with Crippen LogP contribution in [0.3, 0.4) is 0 Å². The zero-order valence-corrected chi connectivity index (χ0v) is 18.0. The smallest absolute Gasteiger partial charge is 0.252 e. The Morgan fingerprint density at radius 3 is 2.37 bits per heavy atom. The number of phenols is 1. The highest BCUT2D eigenvalue weighted by Crippen LogP contribution is 2.22. The van der Waals surface area contributed by atoms with Gasteiger partial charge in [0.2, 0.25) is 5.91 Å². The first-order valence-electron chi connectivity index (χ1n) is 10.5. The summed E-state index contributed by atoms with van der Waals surface area (Å²) in [5.74, 6) is 0.290. The van der Waals surface area contributed by atoms with Gasteiger partial charge < -0.3 is 20.2 Å². The summed E-state index contributed by atoms with van der Waals surface area (Å²) in [5, 5.41) is 12.7. The predicted octanol–water partition coefficient (Wildman–Crippen LogP) is 3.19. The molecular weight excluding hydrogens is 378 g/mol. The highest BCUT2D eigenvalue weighted by atomic mass is 16.3. The highest BCUT2D eigenvalue weighted by molar-refractivity contribution is 5.98. The minimum atomic E-state index is -0.538. The van der Waals surface area contributed by atoms with Crippen molar-refractivity contribution >= 4 is 17.5 Å². The SMILES string of the molecule is Cc1ccccc1C(=O)NC(CC(C)C)C(=O)N1CCN(c2cccc(O)c2)CC1. The fourth-order valence-corrected chi connectivity index (χ4v) is 3.85. The van der Waals surface area contributed by atoms with Gasteiger partial charge in [0.05, 0.1) is 0 Å². The first-order valence-corrected chi connectivity index (χ1v) is 10.5. The van der Waals surface area contributed by atoms with E-state index in [0.717, 1.165) is 11.3 Å². The van der Waals surface area contributed by atoms with Crippen molar-refractivity contribution in [1.29, 1.82) is 0 Å². The van der Waals surface area contributed by atoms with E-state index in [9.17, 15) is 14.7 Å². The van der Waals surface area contributed by atoms with Crippen LogP contribution in [0.4, 0.5) is 5.69 Å². The number of benzene rings is 2. The molecule has 2 amide bonds. The van der Waals surface area contributed by atoms with Crippen molar-refractivity contribution in [3.63, 3.8) is 0 Å². The standard InChI is InChI=1S/C24H31N3O3/c1-17(2)15-22(25-23(29)21-10-5-4-7-18(21)3)24(30)27-13-11-26(12-14-27)19-8-6-9-20(28)16-19/h4-10,16-17,22,28H,11-15H2,1-3H3,(H,25,29). The third-order valence-electron chi connectivity index (χ3n) is 5.49. The summed E-state index contributed by atoms with van der Waals surface area (Å²) in [5.41, 5.74) is 2.45. The van der Waals surface area contributed by atoms with Gasteiger partial charge >= 0.3 is 0 Å². The average Bonchev–Trinajstić information content (AvgIpc) is 2.73. The molecule has 0 aromatic heterocycles. The van der Waals surface area contributed by atoms with E-state index in [0.29, 0.717) is 38.2 Å². The molecule has 6 nitrogen and oxygen atoms in total. The van der Waals surface area contributed by atoms with Crippen LogP contribution in [0.5, 0.6) is 5.75 Å². The quantitative estimate of drug-likeness (QED) is 0.769. The Labute approximate surface area is 178 Å². The molecule has 30 heavy (non-hydrogen) atoms. The van der Waals surface area contributed by atoms with Crippen LogP contribution in [0.2, 0.25) is 0 Å². The number of carbonyl (C=O) groups is 2. The van der Waals surface area contributed by atoms with Crippen molar-refractivity contribution in [3.05, 3.63) is 59.7 Å². The molecule has 160 valence electrons. The molecule has 0 saturated carbocycles. The number of nitrogens with zero attached hydrogens (tertiary/aromatic N) is 2. The van der Waals surface area contributed by atoms with Gasteiger partial charge in [0.25, 0.3) is 5.91 Å². The number of aryl methyl sites for hydroxylation is 1. The molecule has 2 aromatic rings. The molecule has 1 unspecified atom stereocenters. The van der Waals surface area contributed by atoms with Crippen molar-refractivity contribution in [3.8, 4) is 5.75 Å². The van der Waals surface area contributed by atoms with E-state index in [1.807, 2.05) is 42.2 Å². The second-order valence-corrected chi connectivity index (χ2v) is 8.30. The lowest BCUT2D eigenvalue weighted by Gasteiger charge is -2.38. The normalized spacial score (nSPS) is 15.2. The molecule has 0 aliphatic carbocycles. The average molecular weight is 410 g/mol. The summed E-state index contributed by atoms with van der Waals surface area (Å²) < 4.78 is 0. The fourth-order valence-electron chi connectivity index (χ4n) is 3.85. The van der Waals surface area contributed by atoms with E-state index in [4.69, 9.17) is 0 Å². The van der Waals surface area contributed by atoms with E-state index in [2.05, 4.69) is 24.1 Å². The van der Waals surface area contributed by atoms with Crippen molar-refractivity contribution in [2.75, 3.05) is 31.1 Å². The van der Waals surface area contributed by atoms with Gasteiger partial charge in [-0.05, 0) is 43.0 Å². The van der Waals surface area contributed by atoms with Gasteiger partial charge in [0.15, 0.2) is 0 Å². The Kier molecular flexibility index (Phi) is 6.98. The maximum absolute atomic E-state index is 13.2. The van der Waals surface area contributed by atoms with E-state index in [1.54, 1.807) is 18.2 Å². The molecule has 2 aromatic carbocycles. The van der Waals surface area contributed by atoms with Crippen molar-refractivity contribution < 1.29 is 14.7 Å². The monoisotopic (exact) mass is 409 g/mol. The first-order chi connectivity index (χ1) is 14.3. The van der Waals surface area contributed by atoms with Gasteiger partial charge in [0, 0.05) is 43.5 Å². The Morgan fingerprint density at radius 2 is 1.73 bits per heavy atom. The summed E-state index contributed by atoms with van der Waals surface area (Å²) in [6.45, 7) is 8.56. The second-order valence-electron chi connectivity index (χ2n) is 8.30. The maximum Gasteiger partial charge on any atom is 0.252 e. The van der Waals surface area contributed by atoms with Gasteiger partial charge in [-0.1, -0.05) is 38.1 Å². The van der Waals surface area contributed by atoms with Crippen molar-refractivity contribution in [2.45, 2.75) is 33.2 Å². The van der Waals surface area contributed by atoms with Crippen LogP contribution in [0, 0.1) is 12.8 Å². The molecule has 0 spiro atoms. The molecule has 1 aliphatic heterocycles. The molecule has 1 aliphatic rings. The molecule has 0 bridgehead atoms. The van der Waals surface area contributed by atoms with E-state index < -0.39 is 6.04 Å². The summed E-state index contributed by atoms with van der Waals surface area (Å²) in [6.07, 6.45) is 0.600. The summed E-state index contributed by atoms with van der Waals surface area (Å²) in [6, 6.07) is 14.0. The Balaban J connectivity index is 1.65. The first kappa shape index (κ1) is 21.7. The topological polar surface area (TPSA) is 72.9 Å². The lowest BCUT2D eigenvalue weighted by Crippen LogP contribution is -2.55. The Bertz CT molecular complexity index is 889. The van der Waals surface area contributed by atoms with Crippen LogP contribution in [0.1, 0.15) is 36.2 Å². The zero-order valence-electron chi connectivity index (χ0n) is 18.0. The summed E-state index contributed by atoms with van der Waals surface area (Å²) >= 11 is 0. The number of amides is 2. The number of carbonyl (C=O) groups excluding carboxylic acids is 2. The number of nitrogens with one attached hydrogen (secondary N) is 1. The summed E-state index contributed by atoms with van der Waals surface area (Å²) in [7, 11) is 0. The highest BCUT2D eigenvalue weighted by Gasteiger charge is 2.29. The number of hydrogen-bond donors (Lipinski definition) is 2. The van der Waals surface area contributed by atoms with Crippen LogP contribution >= 0.6 is 0 Å². The van der Waals surface area contributed by atoms with Gasteiger partial charge in [-0.3, -0.25) is 9.59 Å². The van der Waals surface area contributed by atoms with Crippen molar-refractivity contribution in [2.24, 2.45) is 5.92 Å².